The molecular weight excluding hydrogens is 200 g/mol. The molecule has 0 atom stereocenters. The van der Waals surface area contributed by atoms with Gasteiger partial charge in [0.15, 0.2) is 0 Å². The second kappa shape index (κ2) is 5.23. The number of ether oxygens (including phenoxy) is 2. The third-order valence-corrected chi connectivity index (χ3v) is 1.61. The molecule has 0 aliphatic heterocycles. The predicted molar refractivity (Wildman–Crippen MR) is 53.7 cm³/mol. The third kappa shape index (κ3) is 4.90. The highest BCUT2D eigenvalue weighted by atomic mass is 16.6. The third-order valence-electron chi connectivity index (χ3n) is 1.61. The van der Waals surface area contributed by atoms with Gasteiger partial charge in [0.05, 0.1) is 12.3 Å². The summed E-state index contributed by atoms with van der Waals surface area (Å²) >= 11 is 0. The summed E-state index contributed by atoms with van der Waals surface area (Å²) in [7, 11) is 0. The number of primary amides is 1. The molecule has 4 N–H and O–H groups in total. The molecule has 0 aliphatic carbocycles. The van der Waals surface area contributed by atoms with Crippen molar-refractivity contribution in [1.29, 1.82) is 0 Å². The van der Waals surface area contributed by atoms with Gasteiger partial charge in [0.25, 0.3) is 0 Å². The van der Waals surface area contributed by atoms with Gasteiger partial charge in [-0.05, 0) is 20.8 Å². The van der Waals surface area contributed by atoms with E-state index >= 15 is 0 Å². The minimum absolute atomic E-state index is 0.0692. The number of carbonyl (C=O) groups excluding carboxylic acids is 2. The number of amides is 1. The van der Waals surface area contributed by atoms with Gasteiger partial charge < -0.3 is 20.9 Å². The molecule has 0 bridgehead atoms. The van der Waals surface area contributed by atoms with Crippen LogP contribution in [0.4, 0.5) is 4.79 Å². The van der Waals surface area contributed by atoms with Crippen LogP contribution in [-0.2, 0) is 14.3 Å². The van der Waals surface area contributed by atoms with Crippen LogP contribution < -0.4 is 11.5 Å². The molecule has 0 fully saturated rings. The Balaban J connectivity index is 4.59. The van der Waals surface area contributed by atoms with E-state index in [4.69, 9.17) is 16.2 Å². The second-order valence-corrected chi connectivity index (χ2v) is 3.28. The molecule has 0 aromatic rings. The lowest BCUT2D eigenvalue weighted by atomic mass is 10.1. The fourth-order valence-electron chi connectivity index (χ4n) is 0.795. The molecule has 0 aromatic heterocycles. The van der Waals surface area contributed by atoms with Gasteiger partial charge >= 0.3 is 12.1 Å². The summed E-state index contributed by atoms with van der Waals surface area (Å²) in [6.45, 7) is 4.96. The minimum Gasteiger partial charge on any atom is -0.463 e. The monoisotopic (exact) mass is 216 g/mol. The molecule has 6 heteroatoms. The molecule has 0 rings (SSSR count). The van der Waals surface area contributed by atoms with Crippen molar-refractivity contribution in [2.75, 3.05) is 6.61 Å². The Bertz CT molecular complexity index is 284. The molecule has 6 nitrogen and oxygen atoms in total. The Hall–Kier alpha value is -1.72. The average molecular weight is 216 g/mol. The Kier molecular flexibility index (Phi) is 4.63. The van der Waals surface area contributed by atoms with Crippen LogP contribution >= 0.6 is 0 Å². The second-order valence-electron chi connectivity index (χ2n) is 3.28. The summed E-state index contributed by atoms with van der Waals surface area (Å²) in [6.07, 6.45) is 0.104. The summed E-state index contributed by atoms with van der Waals surface area (Å²) in [5, 5.41) is 0. The fraction of sp³-hybridized carbons (Fsp3) is 0.556. The van der Waals surface area contributed by atoms with E-state index in [0.717, 1.165) is 6.08 Å². The zero-order valence-electron chi connectivity index (χ0n) is 9.07. The Morgan fingerprint density at radius 1 is 1.33 bits per heavy atom. The molecule has 86 valence electrons. The normalized spacial score (nSPS) is 12.1. The Morgan fingerprint density at radius 2 is 1.87 bits per heavy atom. The van der Waals surface area contributed by atoms with Gasteiger partial charge in [0.1, 0.15) is 5.60 Å². The van der Waals surface area contributed by atoms with E-state index in [-0.39, 0.29) is 12.3 Å². The molecule has 0 unspecified atom stereocenters. The Labute approximate surface area is 88.2 Å². The van der Waals surface area contributed by atoms with Crippen molar-refractivity contribution in [2.45, 2.75) is 26.4 Å². The summed E-state index contributed by atoms with van der Waals surface area (Å²) in [4.78, 5) is 21.6. The van der Waals surface area contributed by atoms with E-state index in [1.54, 1.807) is 6.92 Å². The number of hydrogen-bond donors (Lipinski definition) is 2. The van der Waals surface area contributed by atoms with Crippen molar-refractivity contribution in [1.82, 2.24) is 0 Å². The first-order chi connectivity index (χ1) is 6.79. The van der Waals surface area contributed by atoms with E-state index in [9.17, 15) is 9.59 Å². The zero-order valence-corrected chi connectivity index (χ0v) is 9.07. The first-order valence-electron chi connectivity index (χ1n) is 4.42. The summed E-state index contributed by atoms with van der Waals surface area (Å²) in [5.41, 5.74) is 9.35. The lowest BCUT2D eigenvalue weighted by Crippen LogP contribution is -2.36. The van der Waals surface area contributed by atoms with Crippen LogP contribution in [0.3, 0.4) is 0 Å². The zero-order chi connectivity index (χ0) is 12.1. The average Bonchev–Trinajstić information content (AvgIpc) is 2.01. The van der Waals surface area contributed by atoms with Gasteiger partial charge in [-0.25, -0.2) is 9.59 Å². The van der Waals surface area contributed by atoms with Crippen LogP contribution in [0.25, 0.3) is 0 Å². The van der Waals surface area contributed by atoms with E-state index in [2.05, 4.69) is 4.74 Å². The van der Waals surface area contributed by atoms with E-state index < -0.39 is 17.7 Å². The number of rotatable bonds is 4. The SMILES string of the molecule is CCOC(=O)/C=C(\N)C(C)(C)OC(N)=O. The van der Waals surface area contributed by atoms with E-state index in [0.29, 0.717) is 0 Å². The van der Waals surface area contributed by atoms with Crippen LogP contribution in [0.2, 0.25) is 0 Å². The molecule has 0 saturated heterocycles. The van der Waals surface area contributed by atoms with Crippen LogP contribution in [0, 0.1) is 0 Å². The predicted octanol–water partition coefficient (Wildman–Crippen LogP) is 0.266. The number of carbonyl (C=O) groups is 2. The number of hydrogen-bond acceptors (Lipinski definition) is 5. The van der Waals surface area contributed by atoms with Crippen LogP contribution in [0.1, 0.15) is 20.8 Å². The van der Waals surface area contributed by atoms with Gasteiger partial charge in [-0.3, -0.25) is 0 Å². The molecular formula is C9H16N2O4. The minimum atomic E-state index is -1.13. The topological polar surface area (TPSA) is 105 Å². The molecule has 0 aliphatic rings. The van der Waals surface area contributed by atoms with Crippen molar-refractivity contribution in [3.8, 4) is 0 Å². The van der Waals surface area contributed by atoms with Gasteiger partial charge in [-0.1, -0.05) is 0 Å². The molecule has 0 spiro atoms. The largest absolute Gasteiger partial charge is 0.463 e. The molecule has 0 saturated carbocycles. The number of esters is 1. The highest BCUT2D eigenvalue weighted by Crippen LogP contribution is 2.16. The maximum absolute atomic E-state index is 11.0. The standard InChI is InChI=1S/C9H16N2O4/c1-4-14-7(12)5-6(10)9(2,3)15-8(11)13/h5H,4,10H2,1-3H3,(H2,11,13)/b6-5-. The molecule has 0 heterocycles. The van der Waals surface area contributed by atoms with Crippen molar-refractivity contribution >= 4 is 12.1 Å². The quantitative estimate of drug-likeness (QED) is 0.518. The summed E-state index contributed by atoms with van der Waals surface area (Å²) in [5.74, 6) is -0.587. The molecule has 0 aromatic carbocycles. The maximum atomic E-state index is 11.0. The van der Waals surface area contributed by atoms with Crippen molar-refractivity contribution in [3.63, 3.8) is 0 Å². The van der Waals surface area contributed by atoms with Crippen LogP contribution in [0.5, 0.6) is 0 Å². The van der Waals surface area contributed by atoms with E-state index in [1.165, 1.54) is 13.8 Å². The lowest BCUT2D eigenvalue weighted by Gasteiger charge is -2.24. The van der Waals surface area contributed by atoms with E-state index in [1.807, 2.05) is 0 Å². The highest BCUT2D eigenvalue weighted by Gasteiger charge is 2.25. The first kappa shape index (κ1) is 13.3. The van der Waals surface area contributed by atoms with Gasteiger partial charge in [-0.2, -0.15) is 0 Å². The van der Waals surface area contributed by atoms with Crippen molar-refractivity contribution in [2.24, 2.45) is 11.5 Å². The smallest absolute Gasteiger partial charge is 0.405 e. The maximum Gasteiger partial charge on any atom is 0.405 e. The summed E-state index contributed by atoms with van der Waals surface area (Å²) < 4.78 is 9.36. The molecule has 1 amide bonds. The number of nitrogens with two attached hydrogens (primary N) is 2. The van der Waals surface area contributed by atoms with Gasteiger partial charge in [0, 0.05) is 6.08 Å². The molecule has 0 radical (unpaired) electrons. The van der Waals surface area contributed by atoms with Crippen molar-refractivity contribution < 1.29 is 19.1 Å². The first-order valence-corrected chi connectivity index (χ1v) is 4.42. The van der Waals surface area contributed by atoms with Crippen LogP contribution in [0.15, 0.2) is 11.8 Å². The molecule has 15 heavy (non-hydrogen) atoms. The highest BCUT2D eigenvalue weighted by molar-refractivity contribution is 5.83. The van der Waals surface area contributed by atoms with Gasteiger partial charge in [0.2, 0.25) is 0 Å². The fourth-order valence-corrected chi connectivity index (χ4v) is 0.795. The van der Waals surface area contributed by atoms with Crippen molar-refractivity contribution in [3.05, 3.63) is 11.8 Å². The van der Waals surface area contributed by atoms with Gasteiger partial charge in [-0.15, -0.1) is 0 Å². The summed E-state index contributed by atoms with van der Waals surface area (Å²) in [6, 6.07) is 0. The lowest BCUT2D eigenvalue weighted by molar-refractivity contribution is -0.137. The van der Waals surface area contributed by atoms with Crippen LogP contribution in [-0.4, -0.2) is 24.3 Å². The Morgan fingerprint density at radius 3 is 2.27 bits per heavy atom.